The lowest BCUT2D eigenvalue weighted by Gasteiger charge is -2.28. The molecule has 0 bridgehead atoms. The summed E-state index contributed by atoms with van der Waals surface area (Å²) in [6, 6.07) is 10.2. The molecule has 0 saturated carbocycles. The van der Waals surface area contributed by atoms with Crippen LogP contribution in [0.25, 0.3) is 0 Å². The van der Waals surface area contributed by atoms with E-state index in [1.807, 2.05) is 24.9 Å². The molecule has 0 unspecified atom stereocenters. The Morgan fingerprint density at radius 3 is 2.75 bits per heavy atom. The van der Waals surface area contributed by atoms with Crippen molar-refractivity contribution < 1.29 is 17.9 Å². The number of fused-ring (bicyclic) bond motifs is 1. The van der Waals surface area contributed by atoms with Gasteiger partial charge in [0.05, 0.1) is 29.9 Å². The second-order valence-corrected chi connectivity index (χ2v) is 7.39. The number of methoxy groups -OCH3 is 1. The van der Waals surface area contributed by atoms with Gasteiger partial charge in [-0.15, -0.1) is 0 Å². The van der Waals surface area contributed by atoms with Gasteiger partial charge in [0.25, 0.3) is 10.0 Å². The molecule has 0 fully saturated rings. The molecule has 2 aromatic rings. The maximum absolute atomic E-state index is 12.7. The van der Waals surface area contributed by atoms with Gasteiger partial charge in [0.15, 0.2) is 0 Å². The zero-order chi connectivity index (χ0) is 17.3. The van der Waals surface area contributed by atoms with Crippen molar-refractivity contribution >= 4 is 21.4 Å². The molecule has 3 rings (SSSR count). The number of benzene rings is 2. The Labute approximate surface area is 142 Å². The molecule has 2 aromatic carbocycles. The Morgan fingerprint density at radius 1 is 1.21 bits per heavy atom. The van der Waals surface area contributed by atoms with Crippen LogP contribution in [0.5, 0.6) is 11.5 Å². The van der Waals surface area contributed by atoms with Gasteiger partial charge in [-0.1, -0.05) is 6.07 Å². The number of likely N-dealkylation sites (N-methyl/N-ethyl adjacent to an activating group) is 1. The number of sulfonamides is 1. The van der Waals surface area contributed by atoms with Crippen LogP contribution in [0.3, 0.4) is 0 Å². The predicted octanol–water partition coefficient (Wildman–Crippen LogP) is 2.63. The van der Waals surface area contributed by atoms with Gasteiger partial charge in [0.1, 0.15) is 18.1 Å². The summed E-state index contributed by atoms with van der Waals surface area (Å²) in [6.45, 7) is 3.20. The summed E-state index contributed by atoms with van der Waals surface area (Å²) in [5.74, 6) is 1.17. The fourth-order valence-electron chi connectivity index (χ4n) is 2.60. The summed E-state index contributed by atoms with van der Waals surface area (Å²) in [6.07, 6.45) is 0. The van der Waals surface area contributed by atoms with Crippen LogP contribution in [-0.4, -0.2) is 35.7 Å². The molecule has 6 nitrogen and oxygen atoms in total. The molecule has 0 radical (unpaired) electrons. The van der Waals surface area contributed by atoms with Gasteiger partial charge in [-0.05, 0) is 42.8 Å². The van der Waals surface area contributed by atoms with Crippen LogP contribution < -0.4 is 19.1 Å². The van der Waals surface area contributed by atoms with Gasteiger partial charge < -0.3 is 14.4 Å². The molecular formula is C17H20N2O4S. The molecular weight excluding hydrogens is 328 g/mol. The second kappa shape index (κ2) is 6.24. The third-order valence-electron chi connectivity index (χ3n) is 3.94. The number of hydrogen-bond donors (Lipinski definition) is 1. The van der Waals surface area contributed by atoms with E-state index in [0.29, 0.717) is 23.8 Å². The largest absolute Gasteiger partial charge is 0.495 e. The van der Waals surface area contributed by atoms with Gasteiger partial charge >= 0.3 is 0 Å². The first-order chi connectivity index (χ1) is 11.4. The molecule has 0 amide bonds. The maximum atomic E-state index is 12.7. The van der Waals surface area contributed by atoms with Crippen LogP contribution in [0.4, 0.5) is 11.4 Å². The number of hydrogen-bond acceptors (Lipinski definition) is 5. The third kappa shape index (κ3) is 3.12. The third-order valence-corrected chi connectivity index (χ3v) is 5.30. The van der Waals surface area contributed by atoms with E-state index in [9.17, 15) is 8.42 Å². The number of nitrogens with zero attached hydrogens (tertiary/aromatic N) is 1. The minimum Gasteiger partial charge on any atom is -0.495 e. The van der Waals surface area contributed by atoms with Gasteiger partial charge in [-0.25, -0.2) is 8.42 Å². The fourth-order valence-corrected chi connectivity index (χ4v) is 3.68. The zero-order valence-electron chi connectivity index (χ0n) is 13.9. The predicted molar refractivity (Wildman–Crippen MR) is 93.7 cm³/mol. The van der Waals surface area contributed by atoms with Gasteiger partial charge in [-0.2, -0.15) is 0 Å². The number of nitrogens with one attached hydrogen (secondary N) is 1. The van der Waals surface area contributed by atoms with Crippen molar-refractivity contribution in [2.75, 3.05) is 36.9 Å². The van der Waals surface area contributed by atoms with Gasteiger partial charge in [0, 0.05) is 7.05 Å². The van der Waals surface area contributed by atoms with E-state index in [1.54, 1.807) is 30.3 Å². The van der Waals surface area contributed by atoms with E-state index in [1.165, 1.54) is 7.11 Å². The van der Waals surface area contributed by atoms with Crippen LogP contribution in [0.15, 0.2) is 41.3 Å². The van der Waals surface area contributed by atoms with Crippen LogP contribution in [0, 0.1) is 6.92 Å². The van der Waals surface area contributed by atoms with Crippen molar-refractivity contribution in [2.45, 2.75) is 11.8 Å². The van der Waals surface area contributed by atoms with Crippen LogP contribution in [0.2, 0.25) is 0 Å². The number of anilines is 2. The zero-order valence-corrected chi connectivity index (χ0v) is 14.7. The van der Waals surface area contributed by atoms with E-state index in [0.717, 1.165) is 17.8 Å². The fraction of sp³-hybridized carbons (Fsp3) is 0.294. The summed E-state index contributed by atoms with van der Waals surface area (Å²) < 4.78 is 38.9. The first kappa shape index (κ1) is 16.4. The van der Waals surface area contributed by atoms with Crippen LogP contribution in [0.1, 0.15) is 5.56 Å². The van der Waals surface area contributed by atoms with E-state index >= 15 is 0 Å². The second-order valence-electron chi connectivity index (χ2n) is 5.71. The van der Waals surface area contributed by atoms with Crippen molar-refractivity contribution in [1.29, 1.82) is 0 Å². The molecule has 0 spiro atoms. The molecule has 1 aliphatic heterocycles. The summed E-state index contributed by atoms with van der Waals surface area (Å²) in [5, 5.41) is 0. The molecule has 0 saturated heterocycles. The highest BCUT2D eigenvalue weighted by atomic mass is 32.2. The highest BCUT2D eigenvalue weighted by Crippen LogP contribution is 2.34. The number of rotatable bonds is 4. The summed E-state index contributed by atoms with van der Waals surface area (Å²) in [5.41, 5.74) is 2.12. The highest BCUT2D eigenvalue weighted by Gasteiger charge is 2.21. The summed E-state index contributed by atoms with van der Waals surface area (Å²) in [7, 11) is -0.313. The molecule has 0 aromatic heterocycles. The van der Waals surface area contributed by atoms with Crippen molar-refractivity contribution in [3.8, 4) is 11.5 Å². The highest BCUT2D eigenvalue weighted by molar-refractivity contribution is 7.92. The SMILES string of the molecule is COc1ccc(C)cc1NS(=O)(=O)c1ccc2c(c1)N(C)CCO2. The van der Waals surface area contributed by atoms with Gasteiger partial charge in [-0.3, -0.25) is 4.72 Å². The van der Waals surface area contributed by atoms with Crippen molar-refractivity contribution in [3.05, 3.63) is 42.0 Å². The van der Waals surface area contributed by atoms with E-state index in [-0.39, 0.29) is 4.90 Å². The topological polar surface area (TPSA) is 67.9 Å². The average molecular weight is 348 g/mol. The first-order valence-corrected chi connectivity index (χ1v) is 9.04. The quantitative estimate of drug-likeness (QED) is 0.920. The molecule has 1 heterocycles. The molecule has 7 heteroatoms. The molecule has 0 aliphatic carbocycles. The summed E-state index contributed by atoms with van der Waals surface area (Å²) in [4.78, 5) is 2.16. The molecule has 1 aliphatic rings. The van der Waals surface area contributed by atoms with E-state index in [2.05, 4.69) is 4.72 Å². The van der Waals surface area contributed by atoms with Gasteiger partial charge in [0.2, 0.25) is 0 Å². The molecule has 128 valence electrons. The Kier molecular flexibility index (Phi) is 4.28. The Balaban J connectivity index is 1.97. The Morgan fingerprint density at radius 2 is 2.00 bits per heavy atom. The van der Waals surface area contributed by atoms with Crippen LogP contribution >= 0.6 is 0 Å². The van der Waals surface area contributed by atoms with Crippen molar-refractivity contribution in [1.82, 2.24) is 0 Å². The maximum Gasteiger partial charge on any atom is 0.262 e. The number of ether oxygens (including phenoxy) is 2. The van der Waals surface area contributed by atoms with E-state index < -0.39 is 10.0 Å². The smallest absolute Gasteiger partial charge is 0.262 e. The van der Waals surface area contributed by atoms with Crippen molar-refractivity contribution in [3.63, 3.8) is 0 Å². The average Bonchev–Trinajstić information content (AvgIpc) is 2.55. The first-order valence-electron chi connectivity index (χ1n) is 7.56. The minimum atomic E-state index is -3.73. The monoisotopic (exact) mass is 348 g/mol. The minimum absolute atomic E-state index is 0.183. The van der Waals surface area contributed by atoms with Crippen molar-refractivity contribution in [2.24, 2.45) is 0 Å². The normalized spacial score (nSPS) is 13.9. The number of aryl methyl sites for hydroxylation is 1. The Bertz CT molecular complexity index is 865. The molecule has 24 heavy (non-hydrogen) atoms. The summed E-state index contributed by atoms with van der Waals surface area (Å²) >= 11 is 0. The van der Waals surface area contributed by atoms with E-state index in [4.69, 9.17) is 9.47 Å². The molecule has 1 N–H and O–H groups in total. The molecule has 0 atom stereocenters. The Hall–Kier alpha value is -2.41. The van der Waals surface area contributed by atoms with Crippen LogP contribution in [-0.2, 0) is 10.0 Å². The lowest BCUT2D eigenvalue weighted by Crippen LogP contribution is -2.29. The standard InChI is InChI=1S/C17H20N2O4S/c1-12-4-6-16(22-3)14(10-12)18-24(20,21)13-5-7-17-15(11-13)19(2)8-9-23-17/h4-7,10-11,18H,8-9H2,1-3H3. The lowest BCUT2D eigenvalue weighted by atomic mass is 10.2. The lowest BCUT2D eigenvalue weighted by molar-refractivity contribution is 0.311.